The summed E-state index contributed by atoms with van der Waals surface area (Å²) in [7, 11) is 1.70. The molecule has 1 aliphatic heterocycles. The zero-order valence-electron chi connectivity index (χ0n) is 9.66. The Labute approximate surface area is 103 Å². The van der Waals surface area contributed by atoms with Crippen molar-refractivity contribution in [3.63, 3.8) is 0 Å². The first kappa shape index (κ1) is 13.3. The quantitative estimate of drug-likeness (QED) is 0.863. The summed E-state index contributed by atoms with van der Waals surface area (Å²) in [5.74, 6) is 0.940. The largest absolute Gasteiger partial charge is 0.496 e. The molecule has 0 unspecified atom stereocenters. The number of aryl methyl sites for hydroxylation is 1. The Morgan fingerprint density at radius 1 is 1.44 bits per heavy atom. The van der Waals surface area contributed by atoms with E-state index in [9.17, 15) is 0 Å². The SMILES string of the molecule is COc1ccc([C@@H]2COCCN2)cc1C.Cl. The Kier molecular flexibility index (Phi) is 5.06. The average Bonchev–Trinajstić information content (AvgIpc) is 2.30. The summed E-state index contributed by atoms with van der Waals surface area (Å²) >= 11 is 0. The van der Waals surface area contributed by atoms with Gasteiger partial charge in [0, 0.05) is 6.54 Å². The van der Waals surface area contributed by atoms with Crippen LogP contribution in [0.3, 0.4) is 0 Å². The monoisotopic (exact) mass is 243 g/mol. The Morgan fingerprint density at radius 2 is 2.25 bits per heavy atom. The molecule has 0 spiro atoms. The second kappa shape index (κ2) is 6.09. The predicted molar refractivity (Wildman–Crippen MR) is 66.5 cm³/mol. The van der Waals surface area contributed by atoms with Gasteiger partial charge in [-0.15, -0.1) is 12.4 Å². The van der Waals surface area contributed by atoms with Crippen LogP contribution in [0.25, 0.3) is 0 Å². The molecule has 1 fully saturated rings. The lowest BCUT2D eigenvalue weighted by molar-refractivity contribution is 0.0768. The molecule has 1 saturated heterocycles. The van der Waals surface area contributed by atoms with Crippen molar-refractivity contribution in [2.45, 2.75) is 13.0 Å². The zero-order chi connectivity index (χ0) is 10.7. The number of morpholine rings is 1. The van der Waals surface area contributed by atoms with Crippen LogP contribution in [0, 0.1) is 6.92 Å². The van der Waals surface area contributed by atoms with Gasteiger partial charge in [0.15, 0.2) is 0 Å². The van der Waals surface area contributed by atoms with Crippen molar-refractivity contribution >= 4 is 12.4 Å². The van der Waals surface area contributed by atoms with E-state index in [0.29, 0.717) is 6.04 Å². The van der Waals surface area contributed by atoms with Crippen molar-refractivity contribution in [2.24, 2.45) is 0 Å². The fourth-order valence-corrected chi connectivity index (χ4v) is 1.90. The molecule has 90 valence electrons. The number of rotatable bonds is 2. The maximum absolute atomic E-state index is 5.44. The fraction of sp³-hybridized carbons (Fsp3) is 0.500. The van der Waals surface area contributed by atoms with Gasteiger partial charge >= 0.3 is 0 Å². The highest BCUT2D eigenvalue weighted by Crippen LogP contribution is 2.23. The van der Waals surface area contributed by atoms with Gasteiger partial charge in [-0.1, -0.05) is 12.1 Å². The topological polar surface area (TPSA) is 30.5 Å². The van der Waals surface area contributed by atoms with Crippen LogP contribution in [0.1, 0.15) is 17.2 Å². The third kappa shape index (κ3) is 2.88. The van der Waals surface area contributed by atoms with Crippen LogP contribution >= 0.6 is 12.4 Å². The van der Waals surface area contributed by atoms with E-state index in [1.807, 2.05) is 6.07 Å². The van der Waals surface area contributed by atoms with Gasteiger partial charge in [-0.2, -0.15) is 0 Å². The fourth-order valence-electron chi connectivity index (χ4n) is 1.90. The van der Waals surface area contributed by atoms with Gasteiger partial charge in [0.05, 0.1) is 26.4 Å². The van der Waals surface area contributed by atoms with Crippen LogP contribution < -0.4 is 10.1 Å². The number of methoxy groups -OCH3 is 1. The second-order valence-corrected chi connectivity index (χ2v) is 3.81. The summed E-state index contributed by atoms with van der Waals surface area (Å²) in [6.45, 7) is 4.55. The van der Waals surface area contributed by atoms with E-state index in [1.165, 1.54) is 11.1 Å². The molecule has 1 aliphatic rings. The molecule has 1 aromatic carbocycles. The highest BCUT2D eigenvalue weighted by Gasteiger charge is 2.15. The minimum atomic E-state index is 0. The van der Waals surface area contributed by atoms with Gasteiger partial charge < -0.3 is 14.8 Å². The third-order valence-corrected chi connectivity index (χ3v) is 2.74. The van der Waals surface area contributed by atoms with E-state index in [2.05, 4.69) is 24.4 Å². The Bertz CT molecular complexity index is 338. The van der Waals surface area contributed by atoms with Crippen molar-refractivity contribution in [3.8, 4) is 5.75 Å². The number of hydrogen-bond acceptors (Lipinski definition) is 3. The van der Waals surface area contributed by atoms with Gasteiger partial charge in [-0.25, -0.2) is 0 Å². The summed E-state index contributed by atoms with van der Waals surface area (Å²) in [5, 5.41) is 3.43. The van der Waals surface area contributed by atoms with Gasteiger partial charge in [-0.05, 0) is 24.1 Å². The maximum atomic E-state index is 5.44. The van der Waals surface area contributed by atoms with Crippen LogP contribution in [-0.2, 0) is 4.74 Å². The van der Waals surface area contributed by atoms with Crippen molar-refractivity contribution in [1.29, 1.82) is 0 Å². The van der Waals surface area contributed by atoms with Crippen LogP contribution in [0.5, 0.6) is 5.75 Å². The average molecular weight is 244 g/mol. The Hall–Kier alpha value is -0.770. The van der Waals surface area contributed by atoms with E-state index in [4.69, 9.17) is 9.47 Å². The summed E-state index contributed by atoms with van der Waals surface area (Å²) in [6.07, 6.45) is 0. The van der Waals surface area contributed by atoms with E-state index < -0.39 is 0 Å². The molecule has 0 aliphatic carbocycles. The summed E-state index contributed by atoms with van der Waals surface area (Å²) in [4.78, 5) is 0. The first-order chi connectivity index (χ1) is 7.31. The molecule has 16 heavy (non-hydrogen) atoms. The molecule has 4 heteroatoms. The minimum absolute atomic E-state index is 0. The van der Waals surface area contributed by atoms with Gasteiger partial charge in [-0.3, -0.25) is 0 Å². The molecule has 0 saturated carbocycles. The van der Waals surface area contributed by atoms with Gasteiger partial charge in [0.2, 0.25) is 0 Å². The molecule has 0 bridgehead atoms. The number of nitrogens with one attached hydrogen (secondary N) is 1. The molecule has 1 heterocycles. The summed E-state index contributed by atoms with van der Waals surface area (Å²) < 4.78 is 10.7. The molecule has 1 aromatic rings. The highest BCUT2D eigenvalue weighted by atomic mass is 35.5. The first-order valence-electron chi connectivity index (χ1n) is 5.27. The maximum Gasteiger partial charge on any atom is 0.121 e. The Morgan fingerprint density at radius 3 is 2.81 bits per heavy atom. The number of benzene rings is 1. The summed E-state index contributed by atoms with van der Waals surface area (Å²) in [5.41, 5.74) is 2.44. The lowest BCUT2D eigenvalue weighted by atomic mass is 10.0. The van der Waals surface area contributed by atoms with Crippen molar-refractivity contribution in [2.75, 3.05) is 26.9 Å². The molecule has 1 N–H and O–H groups in total. The van der Waals surface area contributed by atoms with E-state index in [1.54, 1.807) is 7.11 Å². The van der Waals surface area contributed by atoms with Crippen molar-refractivity contribution < 1.29 is 9.47 Å². The zero-order valence-corrected chi connectivity index (χ0v) is 10.5. The van der Waals surface area contributed by atoms with E-state index in [-0.39, 0.29) is 12.4 Å². The minimum Gasteiger partial charge on any atom is -0.496 e. The van der Waals surface area contributed by atoms with Crippen molar-refractivity contribution in [3.05, 3.63) is 29.3 Å². The molecular formula is C12H18ClNO2. The third-order valence-electron chi connectivity index (χ3n) is 2.74. The molecule has 0 aromatic heterocycles. The molecule has 0 radical (unpaired) electrons. The predicted octanol–water partition coefficient (Wildman–Crippen LogP) is 2.09. The normalized spacial score (nSPS) is 20.0. The highest BCUT2D eigenvalue weighted by molar-refractivity contribution is 5.85. The number of ether oxygens (including phenoxy) is 2. The molecule has 1 atom stereocenters. The van der Waals surface area contributed by atoms with Crippen LogP contribution in [0.15, 0.2) is 18.2 Å². The number of hydrogen-bond donors (Lipinski definition) is 1. The van der Waals surface area contributed by atoms with Crippen LogP contribution in [-0.4, -0.2) is 26.9 Å². The molecule has 3 nitrogen and oxygen atoms in total. The van der Waals surface area contributed by atoms with Crippen LogP contribution in [0.4, 0.5) is 0 Å². The number of halogens is 1. The first-order valence-corrected chi connectivity index (χ1v) is 5.27. The summed E-state index contributed by atoms with van der Waals surface area (Å²) in [6, 6.07) is 6.59. The second-order valence-electron chi connectivity index (χ2n) is 3.81. The smallest absolute Gasteiger partial charge is 0.121 e. The van der Waals surface area contributed by atoms with Crippen molar-refractivity contribution in [1.82, 2.24) is 5.32 Å². The van der Waals surface area contributed by atoms with Gasteiger partial charge in [0.1, 0.15) is 5.75 Å². The lowest BCUT2D eigenvalue weighted by Gasteiger charge is -2.24. The molecule has 0 amide bonds. The lowest BCUT2D eigenvalue weighted by Crippen LogP contribution is -2.34. The van der Waals surface area contributed by atoms with Gasteiger partial charge in [0.25, 0.3) is 0 Å². The van der Waals surface area contributed by atoms with E-state index in [0.717, 1.165) is 25.5 Å². The van der Waals surface area contributed by atoms with E-state index >= 15 is 0 Å². The Balaban J connectivity index is 0.00000128. The van der Waals surface area contributed by atoms with Crippen LogP contribution in [0.2, 0.25) is 0 Å². The molecule has 2 rings (SSSR count). The molecular weight excluding hydrogens is 226 g/mol. The standard InChI is InChI=1S/C12H17NO2.ClH/c1-9-7-10(3-4-12(9)14-2)11-8-15-6-5-13-11;/h3-4,7,11,13H,5-6,8H2,1-2H3;1H/t11-;/m0./s1.